The third-order valence-corrected chi connectivity index (χ3v) is 5.88. The van der Waals surface area contributed by atoms with Gasteiger partial charge in [0.1, 0.15) is 0 Å². The maximum atomic E-state index is 3.67. The summed E-state index contributed by atoms with van der Waals surface area (Å²) < 4.78 is 0. The molecule has 1 aliphatic rings. The van der Waals surface area contributed by atoms with Gasteiger partial charge in [0.25, 0.3) is 0 Å². The first-order chi connectivity index (χ1) is 13.9. The first kappa shape index (κ1) is 14.2. The average Bonchev–Trinajstić information content (AvgIpc) is 3.31. The fourth-order valence-corrected chi connectivity index (χ4v) is 4.57. The van der Waals surface area contributed by atoms with E-state index in [-0.39, 0.29) is 0 Å². The average molecular weight is 360 g/mol. The summed E-state index contributed by atoms with van der Waals surface area (Å²) in [6.45, 7) is 0. The van der Waals surface area contributed by atoms with Gasteiger partial charge in [-0.2, -0.15) is 0 Å². The highest BCUT2D eigenvalue weighted by Gasteiger charge is 2.21. The van der Waals surface area contributed by atoms with Crippen LogP contribution in [0.5, 0.6) is 0 Å². The van der Waals surface area contributed by atoms with Crippen LogP contribution in [0.4, 0.5) is 22.7 Å². The molecule has 3 heterocycles. The Morgan fingerprint density at radius 3 is 1.39 bits per heavy atom. The van der Waals surface area contributed by atoms with Crippen LogP contribution in [0, 0.1) is 0 Å². The standard InChI is InChI=1S/C24H16N4/c1-3-7-17-13(5-1)15-9-11-19-23(21(15)25-17)27-20-12-10-16-14-6-2-4-8-18(14)26-22(16)24(20)28-19/h1-12,25-28H. The lowest BCUT2D eigenvalue weighted by Gasteiger charge is -2.24. The molecular weight excluding hydrogens is 344 g/mol. The van der Waals surface area contributed by atoms with Gasteiger partial charge < -0.3 is 20.6 Å². The molecule has 0 aliphatic carbocycles. The molecule has 2 aromatic heterocycles. The number of aromatic amines is 2. The van der Waals surface area contributed by atoms with Crippen LogP contribution in [0.2, 0.25) is 0 Å². The summed E-state index contributed by atoms with van der Waals surface area (Å²) in [4.78, 5) is 7.17. The van der Waals surface area contributed by atoms with Crippen molar-refractivity contribution in [2.75, 3.05) is 10.6 Å². The van der Waals surface area contributed by atoms with E-state index in [9.17, 15) is 0 Å². The maximum Gasteiger partial charge on any atom is 0.0869 e. The number of anilines is 4. The van der Waals surface area contributed by atoms with Gasteiger partial charge in [0.05, 0.1) is 33.8 Å². The quantitative estimate of drug-likeness (QED) is 0.242. The lowest BCUT2D eigenvalue weighted by molar-refractivity contribution is 1.44. The Morgan fingerprint density at radius 1 is 0.429 bits per heavy atom. The van der Waals surface area contributed by atoms with Crippen molar-refractivity contribution in [1.29, 1.82) is 0 Å². The highest BCUT2D eigenvalue weighted by molar-refractivity contribution is 6.19. The SMILES string of the molecule is c1ccc2c(c1)[nH]c1c3c(ccc12)Nc1c(ccc2c1[nH]c1ccccc12)N3. The summed E-state index contributed by atoms with van der Waals surface area (Å²) in [5.41, 5.74) is 8.93. The van der Waals surface area contributed by atoms with Gasteiger partial charge in [-0.15, -0.1) is 0 Å². The zero-order valence-corrected chi connectivity index (χ0v) is 14.9. The summed E-state index contributed by atoms with van der Waals surface area (Å²) in [5, 5.41) is 12.3. The molecule has 0 radical (unpaired) electrons. The molecular formula is C24H16N4. The molecule has 1 aliphatic heterocycles. The molecule has 4 N–H and O–H groups in total. The highest BCUT2D eigenvalue weighted by Crippen LogP contribution is 2.46. The lowest BCUT2D eigenvalue weighted by Crippen LogP contribution is -2.07. The van der Waals surface area contributed by atoms with E-state index in [1.807, 2.05) is 0 Å². The van der Waals surface area contributed by atoms with Gasteiger partial charge in [-0.05, 0) is 36.4 Å². The predicted molar refractivity (Wildman–Crippen MR) is 118 cm³/mol. The van der Waals surface area contributed by atoms with Crippen molar-refractivity contribution >= 4 is 66.4 Å². The number of aromatic nitrogens is 2. The Bertz CT molecular complexity index is 1450. The van der Waals surface area contributed by atoms with E-state index in [0.717, 1.165) is 44.8 Å². The van der Waals surface area contributed by atoms with Crippen molar-refractivity contribution in [2.24, 2.45) is 0 Å². The van der Waals surface area contributed by atoms with E-state index in [2.05, 4.69) is 93.4 Å². The third-order valence-electron chi connectivity index (χ3n) is 5.88. The van der Waals surface area contributed by atoms with Crippen LogP contribution in [0.3, 0.4) is 0 Å². The fraction of sp³-hybridized carbons (Fsp3) is 0. The second-order valence-electron chi connectivity index (χ2n) is 7.41. The van der Waals surface area contributed by atoms with Crippen LogP contribution in [-0.4, -0.2) is 9.97 Å². The van der Waals surface area contributed by atoms with Crippen molar-refractivity contribution in [3.05, 3.63) is 72.8 Å². The Labute approximate surface area is 160 Å². The molecule has 6 aromatic rings. The van der Waals surface area contributed by atoms with Crippen molar-refractivity contribution in [1.82, 2.24) is 9.97 Å². The highest BCUT2D eigenvalue weighted by atomic mass is 15.1. The molecule has 132 valence electrons. The first-order valence-electron chi connectivity index (χ1n) is 9.48. The van der Waals surface area contributed by atoms with Crippen molar-refractivity contribution in [3.63, 3.8) is 0 Å². The lowest BCUT2D eigenvalue weighted by atomic mass is 10.1. The summed E-state index contributed by atoms with van der Waals surface area (Å²) in [7, 11) is 0. The van der Waals surface area contributed by atoms with Crippen LogP contribution < -0.4 is 10.6 Å². The monoisotopic (exact) mass is 360 g/mol. The number of fused-ring (bicyclic) bond motifs is 10. The zero-order valence-electron chi connectivity index (χ0n) is 14.9. The topological polar surface area (TPSA) is 55.6 Å². The Kier molecular flexibility index (Phi) is 2.46. The van der Waals surface area contributed by atoms with E-state index in [1.165, 1.54) is 21.5 Å². The van der Waals surface area contributed by atoms with E-state index in [0.29, 0.717) is 0 Å². The number of hydrogen-bond acceptors (Lipinski definition) is 2. The minimum Gasteiger partial charge on any atom is -0.353 e. The molecule has 0 amide bonds. The van der Waals surface area contributed by atoms with Crippen molar-refractivity contribution in [3.8, 4) is 0 Å². The van der Waals surface area contributed by atoms with Crippen LogP contribution in [0.15, 0.2) is 72.8 Å². The van der Waals surface area contributed by atoms with Crippen LogP contribution in [0.1, 0.15) is 0 Å². The maximum absolute atomic E-state index is 3.67. The largest absolute Gasteiger partial charge is 0.353 e. The number of hydrogen-bond donors (Lipinski definition) is 4. The van der Waals surface area contributed by atoms with Gasteiger partial charge >= 0.3 is 0 Å². The smallest absolute Gasteiger partial charge is 0.0869 e. The molecule has 0 saturated heterocycles. The molecule has 28 heavy (non-hydrogen) atoms. The predicted octanol–water partition coefficient (Wildman–Crippen LogP) is 6.76. The second kappa shape index (κ2) is 4.87. The Balaban J connectivity index is 1.50. The van der Waals surface area contributed by atoms with Crippen LogP contribution in [0.25, 0.3) is 43.6 Å². The Hall–Kier alpha value is -3.92. The van der Waals surface area contributed by atoms with E-state index in [4.69, 9.17) is 0 Å². The Morgan fingerprint density at radius 2 is 0.893 bits per heavy atom. The second-order valence-corrected chi connectivity index (χ2v) is 7.41. The first-order valence-corrected chi connectivity index (χ1v) is 9.48. The number of para-hydroxylation sites is 2. The minimum absolute atomic E-state index is 1.08. The normalized spacial score (nSPS) is 12.9. The van der Waals surface area contributed by atoms with E-state index in [1.54, 1.807) is 0 Å². The summed E-state index contributed by atoms with van der Waals surface area (Å²) in [6, 6.07) is 25.6. The van der Waals surface area contributed by atoms with Gasteiger partial charge in [0.2, 0.25) is 0 Å². The molecule has 4 nitrogen and oxygen atoms in total. The molecule has 0 unspecified atom stereocenters. The van der Waals surface area contributed by atoms with Gasteiger partial charge in [0.15, 0.2) is 0 Å². The number of H-pyrrole nitrogens is 2. The number of nitrogens with one attached hydrogen (secondary N) is 4. The van der Waals surface area contributed by atoms with Gasteiger partial charge in [-0.3, -0.25) is 0 Å². The number of rotatable bonds is 0. The van der Waals surface area contributed by atoms with Crippen molar-refractivity contribution < 1.29 is 0 Å². The zero-order chi connectivity index (χ0) is 18.2. The number of benzene rings is 4. The molecule has 0 saturated carbocycles. The summed E-state index contributed by atoms with van der Waals surface area (Å²) >= 11 is 0. The van der Waals surface area contributed by atoms with Gasteiger partial charge in [0, 0.05) is 32.6 Å². The molecule has 7 rings (SSSR count). The summed E-state index contributed by atoms with van der Waals surface area (Å²) in [5.74, 6) is 0. The van der Waals surface area contributed by atoms with Gasteiger partial charge in [-0.25, -0.2) is 0 Å². The van der Waals surface area contributed by atoms with E-state index < -0.39 is 0 Å². The molecule has 0 atom stereocenters. The van der Waals surface area contributed by atoms with Crippen LogP contribution >= 0.6 is 0 Å². The van der Waals surface area contributed by atoms with Crippen LogP contribution in [-0.2, 0) is 0 Å². The molecule has 4 heteroatoms. The van der Waals surface area contributed by atoms with Gasteiger partial charge in [-0.1, -0.05) is 36.4 Å². The van der Waals surface area contributed by atoms with E-state index >= 15 is 0 Å². The van der Waals surface area contributed by atoms with Crippen molar-refractivity contribution in [2.45, 2.75) is 0 Å². The third kappa shape index (κ3) is 1.70. The molecule has 0 fully saturated rings. The fourth-order valence-electron chi connectivity index (χ4n) is 4.57. The minimum atomic E-state index is 1.08. The molecule has 0 spiro atoms. The molecule has 0 bridgehead atoms. The molecule has 4 aromatic carbocycles. The summed E-state index contributed by atoms with van der Waals surface area (Å²) in [6.07, 6.45) is 0.